The Labute approximate surface area is 118 Å². The summed E-state index contributed by atoms with van der Waals surface area (Å²) in [6.45, 7) is 0. The molecule has 1 aliphatic carbocycles. The van der Waals surface area contributed by atoms with Crippen molar-refractivity contribution < 1.29 is 4.74 Å². The summed E-state index contributed by atoms with van der Waals surface area (Å²) in [5.74, 6) is 0.970. The lowest BCUT2D eigenvalue weighted by atomic mass is 10.1. The van der Waals surface area contributed by atoms with E-state index in [-0.39, 0.29) is 6.04 Å². The van der Waals surface area contributed by atoms with E-state index in [0.29, 0.717) is 5.56 Å². The van der Waals surface area contributed by atoms with Crippen LogP contribution >= 0.6 is 0 Å². The molecule has 3 rings (SSSR count). The maximum atomic E-state index is 8.95. The van der Waals surface area contributed by atoms with Crippen molar-refractivity contribution in [3.05, 3.63) is 59.2 Å². The van der Waals surface area contributed by atoms with Crippen LogP contribution in [0.3, 0.4) is 0 Å². The molecule has 0 bridgehead atoms. The lowest BCUT2D eigenvalue weighted by molar-refractivity contribution is 0.410. The maximum Gasteiger partial charge on any atom is 0.122 e. The molecule has 0 spiro atoms. The standard InChI is InChI=1S/C17H16N2O/c1-20-17-7-3-6-14-15(17)8-9-16(14)19-13-5-2-4-12(10-13)11-18/h2-7,10,16,19H,8-9H2,1H3. The van der Waals surface area contributed by atoms with Gasteiger partial charge in [0.1, 0.15) is 5.75 Å². The molecule has 100 valence electrons. The summed E-state index contributed by atoms with van der Waals surface area (Å²) in [5, 5.41) is 12.5. The zero-order chi connectivity index (χ0) is 13.9. The van der Waals surface area contributed by atoms with Gasteiger partial charge in [0.05, 0.1) is 24.8 Å². The minimum atomic E-state index is 0.286. The summed E-state index contributed by atoms with van der Waals surface area (Å²) >= 11 is 0. The fourth-order valence-electron chi connectivity index (χ4n) is 2.84. The summed E-state index contributed by atoms with van der Waals surface area (Å²) < 4.78 is 5.42. The molecule has 1 N–H and O–H groups in total. The number of nitrogens with zero attached hydrogens (tertiary/aromatic N) is 1. The summed E-state index contributed by atoms with van der Waals surface area (Å²) in [7, 11) is 1.72. The highest BCUT2D eigenvalue weighted by Crippen LogP contribution is 2.38. The van der Waals surface area contributed by atoms with E-state index in [1.54, 1.807) is 7.11 Å². The van der Waals surface area contributed by atoms with E-state index in [4.69, 9.17) is 10.00 Å². The van der Waals surface area contributed by atoms with Crippen molar-refractivity contribution >= 4 is 5.69 Å². The first-order chi connectivity index (χ1) is 9.81. The summed E-state index contributed by atoms with van der Waals surface area (Å²) in [6.07, 6.45) is 2.07. The Morgan fingerprint density at radius 3 is 2.90 bits per heavy atom. The van der Waals surface area contributed by atoms with Crippen LogP contribution in [0.15, 0.2) is 42.5 Å². The number of anilines is 1. The Bertz CT molecular complexity index is 673. The highest BCUT2D eigenvalue weighted by Gasteiger charge is 2.24. The minimum absolute atomic E-state index is 0.286. The quantitative estimate of drug-likeness (QED) is 0.920. The number of nitrogens with one attached hydrogen (secondary N) is 1. The normalized spacial score (nSPS) is 16.3. The molecule has 1 unspecified atom stereocenters. The molecule has 2 aromatic rings. The number of fused-ring (bicyclic) bond motifs is 1. The molecule has 3 heteroatoms. The van der Waals surface area contributed by atoms with Crippen molar-refractivity contribution in [1.82, 2.24) is 0 Å². The second kappa shape index (κ2) is 5.26. The first-order valence-electron chi connectivity index (χ1n) is 6.74. The molecule has 0 amide bonds. The van der Waals surface area contributed by atoms with Gasteiger partial charge in [-0.1, -0.05) is 18.2 Å². The second-order valence-corrected chi connectivity index (χ2v) is 4.96. The largest absolute Gasteiger partial charge is 0.496 e. The second-order valence-electron chi connectivity index (χ2n) is 4.96. The van der Waals surface area contributed by atoms with E-state index < -0.39 is 0 Å². The van der Waals surface area contributed by atoms with Gasteiger partial charge in [-0.05, 0) is 48.2 Å². The Balaban J connectivity index is 1.87. The number of methoxy groups -OCH3 is 1. The lowest BCUT2D eigenvalue weighted by Crippen LogP contribution is -2.07. The Morgan fingerprint density at radius 1 is 1.25 bits per heavy atom. The van der Waals surface area contributed by atoms with E-state index in [1.807, 2.05) is 36.4 Å². The van der Waals surface area contributed by atoms with Gasteiger partial charge in [-0.15, -0.1) is 0 Å². The number of nitriles is 1. The number of rotatable bonds is 3. The van der Waals surface area contributed by atoms with E-state index in [2.05, 4.69) is 17.5 Å². The molecule has 0 aliphatic heterocycles. The van der Waals surface area contributed by atoms with E-state index in [0.717, 1.165) is 24.3 Å². The smallest absolute Gasteiger partial charge is 0.122 e. The van der Waals surface area contributed by atoms with Crippen molar-refractivity contribution in [2.45, 2.75) is 18.9 Å². The third-order valence-corrected chi connectivity index (χ3v) is 3.78. The highest BCUT2D eigenvalue weighted by atomic mass is 16.5. The van der Waals surface area contributed by atoms with Gasteiger partial charge in [-0.25, -0.2) is 0 Å². The average molecular weight is 264 g/mol. The van der Waals surface area contributed by atoms with Crippen LogP contribution in [0.4, 0.5) is 5.69 Å². The molecule has 0 radical (unpaired) electrons. The van der Waals surface area contributed by atoms with Crippen LogP contribution in [0, 0.1) is 11.3 Å². The zero-order valence-corrected chi connectivity index (χ0v) is 11.4. The fraction of sp³-hybridized carbons (Fsp3) is 0.235. The molecule has 1 aliphatic rings. The van der Waals surface area contributed by atoms with Gasteiger partial charge in [0.25, 0.3) is 0 Å². The zero-order valence-electron chi connectivity index (χ0n) is 11.4. The average Bonchev–Trinajstić information content (AvgIpc) is 2.90. The third-order valence-electron chi connectivity index (χ3n) is 3.78. The maximum absolute atomic E-state index is 8.95. The van der Waals surface area contributed by atoms with Gasteiger partial charge >= 0.3 is 0 Å². The molecule has 0 heterocycles. The summed E-state index contributed by atoms with van der Waals surface area (Å²) in [5.41, 5.74) is 4.26. The minimum Gasteiger partial charge on any atom is -0.496 e. The van der Waals surface area contributed by atoms with Crippen LogP contribution in [-0.4, -0.2) is 7.11 Å². The van der Waals surface area contributed by atoms with Gasteiger partial charge in [0.15, 0.2) is 0 Å². The molecular formula is C17H16N2O. The Morgan fingerprint density at radius 2 is 2.10 bits per heavy atom. The Kier molecular flexibility index (Phi) is 3.30. The number of benzene rings is 2. The van der Waals surface area contributed by atoms with Gasteiger partial charge in [-0.3, -0.25) is 0 Å². The van der Waals surface area contributed by atoms with Crippen molar-refractivity contribution in [3.63, 3.8) is 0 Å². The van der Waals surface area contributed by atoms with Crippen molar-refractivity contribution in [1.29, 1.82) is 5.26 Å². The van der Waals surface area contributed by atoms with E-state index in [1.165, 1.54) is 11.1 Å². The van der Waals surface area contributed by atoms with Crippen molar-refractivity contribution in [2.24, 2.45) is 0 Å². The van der Waals surface area contributed by atoms with Gasteiger partial charge in [-0.2, -0.15) is 5.26 Å². The molecule has 0 saturated carbocycles. The van der Waals surface area contributed by atoms with Crippen LogP contribution in [0.1, 0.15) is 29.2 Å². The first kappa shape index (κ1) is 12.6. The topological polar surface area (TPSA) is 45.0 Å². The van der Waals surface area contributed by atoms with Crippen LogP contribution in [-0.2, 0) is 6.42 Å². The van der Waals surface area contributed by atoms with Gasteiger partial charge in [0.2, 0.25) is 0 Å². The molecule has 3 nitrogen and oxygen atoms in total. The van der Waals surface area contributed by atoms with E-state index in [9.17, 15) is 0 Å². The van der Waals surface area contributed by atoms with Crippen molar-refractivity contribution in [3.8, 4) is 11.8 Å². The molecule has 0 aromatic heterocycles. The summed E-state index contributed by atoms with van der Waals surface area (Å²) in [6, 6.07) is 16.3. The van der Waals surface area contributed by atoms with Gasteiger partial charge in [0, 0.05) is 5.69 Å². The van der Waals surface area contributed by atoms with Gasteiger partial charge < -0.3 is 10.1 Å². The Hall–Kier alpha value is -2.47. The SMILES string of the molecule is COc1cccc2c1CCC2Nc1cccc(C#N)c1. The molecule has 20 heavy (non-hydrogen) atoms. The molecule has 1 atom stereocenters. The predicted molar refractivity (Wildman–Crippen MR) is 78.8 cm³/mol. The summed E-state index contributed by atoms with van der Waals surface area (Å²) in [4.78, 5) is 0. The van der Waals surface area contributed by atoms with Crippen LogP contribution in [0.25, 0.3) is 0 Å². The fourth-order valence-corrected chi connectivity index (χ4v) is 2.84. The number of hydrogen-bond acceptors (Lipinski definition) is 3. The number of hydrogen-bond donors (Lipinski definition) is 1. The van der Waals surface area contributed by atoms with Crippen LogP contribution in [0.5, 0.6) is 5.75 Å². The predicted octanol–water partition coefficient (Wildman–Crippen LogP) is 3.67. The van der Waals surface area contributed by atoms with E-state index >= 15 is 0 Å². The molecule has 0 saturated heterocycles. The van der Waals surface area contributed by atoms with Crippen LogP contribution < -0.4 is 10.1 Å². The van der Waals surface area contributed by atoms with Crippen molar-refractivity contribution in [2.75, 3.05) is 12.4 Å². The molecular weight excluding hydrogens is 248 g/mol. The number of ether oxygens (including phenoxy) is 1. The lowest BCUT2D eigenvalue weighted by Gasteiger charge is -2.16. The first-order valence-corrected chi connectivity index (χ1v) is 6.74. The third kappa shape index (κ3) is 2.21. The monoisotopic (exact) mass is 264 g/mol. The van der Waals surface area contributed by atoms with Crippen LogP contribution in [0.2, 0.25) is 0 Å². The highest BCUT2D eigenvalue weighted by molar-refractivity contribution is 5.54. The molecule has 2 aromatic carbocycles. The molecule has 0 fully saturated rings.